The third-order valence-electron chi connectivity index (χ3n) is 6.56. The number of ether oxygens (including phenoxy) is 5. The van der Waals surface area contributed by atoms with Crippen molar-refractivity contribution in [2.45, 2.75) is 50.5 Å². The molecule has 9 heteroatoms. The first kappa shape index (κ1) is 28.9. The summed E-state index contributed by atoms with van der Waals surface area (Å²) in [5, 5.41) is 11.9. The van der Waals surface area contributed by atoms with E-state index >= 15 is 0 Å². The largest absolute Gasteiger partial charge is 0.456 e. The van der Waals surface area contributed by atoms with E-state index in [0.717, 1.165) is 30.5 Å². The Bertz CT molecular complexity index is 1200. The molecule has 1 fully saturated rings. The number of esters is 3. The fraction of sp³-hybridized carbons (Fsp3) is 0.323. The number of hydrogen-bond acceptors (Lipinski definition) is 9. The molecular formula is C31H32O9. The molecule has 0 spiro atoms. The topological polar surface area (TPSA) is 118 Å². The zero-order chi connectivity index (χ0) is 28.8. The first-order valence-corrected chi connectivity index (χ1v) is 12.8. The summed E-state index contributed by atoms with van der Waals surface area (Å²) in [6, 6.07) is 28.4. The highest BCUT2D eigenvalue weighted by molar-refractivity contribution is 5.68. The number of carbonyl (C=O) groups excluding carboxylic acids is 3. The SMILES string of the molecule is CC(=O)O[C@H]1[C@@H](OC(C)=O)[C@@](O)(COC(c2ccccc2)(c2ccccc2)c2ccccc2)OC[C@H]1OC(C)=O. The third-order valence-corrected chi connectivity index (χ3v) is 6.56. The van der Waals surface area contributed by atoms with Crippen molar-refractivity contribution in [2.24, 2.45) is 0 Å². The highest BCUT2D eigenvalue weighted by Gasteiger charge is 2.57. The Morgan fingerprint density at radius 3 is 1.57 bits per heavy atom. The predicted molar refractivity (Wildman–Crippen MR) is 143 cm³/mol. The minimum Gasteiger partial charge on any atom is -0.456 e. The highest BCUT2D eigenvalue weighted by atomic mass is 16.7. The first-order chi connectivity index (χ1) is 19.2. The van der Waals surface area contributed by atoms with Crippen molar-refractivity contribution in [3.63, 3.8) is 0 Å². The smallest absolute Gasteiger partial charge is 0.303 e. The van der Waals surface area contributed by atoms with E-state index in [4.69, 9.17) is 23.7 Å². The van der Waals surface area contributed by atoms with Gasteiger partial charge in [-0.3, -0.25) is 14.4 Å². The maximum atomic E-state index is 12.1. The molecule has 0 saturated carbocycles. The van der Waals surface area contributed by atoms with Crippen LogP contribution in [0.4, 0.5) is 0 Å². The molecule has 0 amide bonds. The molecule has 1 aliphatic rings. The summed E-state index contributed by atoms with van der Waals surface area (Å²) in [6.45, 7) is 2.62. The van der Waals surface area contributed by atoms with Crippen LogP contribution in [0, 0.1) is 0 Å². The molecule has 0 radical (unpaired) electrons. The summed E-state index contributed by atoms with van der Waals surface area (Å²) in [4.78, 5) is 35.9. The number of carbonyl (C=O) groups is 3. The summed E-state index contributed by atoms with van der Waals surface area (Å²) in [5.74, 6) is -4.44. The molecule has 1 N–H and O–H groups in total. The number of rotatable bonds is 9. The van der Waals surface area contributed by atoms with Crippen molar-refractivity contribution in [1.29, 1.82) is 0 Å². The monoisotopic (exact) mass is 548 g/mol. The van der Waals surface area contributed by atoms with Crippen LogP contribution in [-0.2, 0) is 43.7 Å². The van der Waals surface area contributed by atoms with Gasteiger partial charge in [-0.2, -0.15) is 0 Å². The molecule has 9 nitrogen and oxygen atoms in total. The second kappa shape index (κ2) is 12.4. The van der Waals surface area contributed by atoms with Crippen molar-refractivity contribution in [2.75, 3.05) is 13.2 Å². The Hall–Kier alpha value is -4.05. The highest BCUT2D eigenvalue weighted by Crippen LogP contribution is 2.42. The molecule has 3 aromatic rings. The standard InChI is InChI=1S/C31H32O9/c1-21(32)38-27-19-36-30(35,29(40-23(3)34)28(27)39-22(2)33)20-37-31(24-13-7-4-8-14-24,25-15-9-5-10-16-25)26-17-11-6-12-18-26/h4-18,27-29,35H,19-20H2,1-3H3/t27-,28-,29-,30-/m1/s1. The van der Waals surface area contributed by atoms with E-state index in [2.05, 4.69) is 0 Å². The summed E-state index contributed by atoms with van der Waals surface area (Å²) >= 11 is 0. The number of aliphatic hydroxyl groups is 1. The van der Waals surface area contributed by atoms with Gasteiger partial charge in [0.2, 0.25) is 5.79 Å². The second-order valence-electron chi connectivity index (χ2n) is 9.48. The van der Waals surface area contributed by atoms with Crippen molar-refractivity contribution in [3.05, 3.63) is 108 Å². The molecule has 1 saturated heterocycles. The molecule has 1 aliphatic heterocycles. The zero-order valence-corrected chi connectivity index (χ0v) is 22.5. The van der Waals surface area contributed by atoms with Crippen LogP contribution >= 0.6 is 0 Å². The van der Waals surface area contributed by atoms with Crippen molar-refractivity contribution >= 4 is 17.9 Å². The molecule has 4 rings (SSSR count). The van der Waals surface area contributed by atoms with E-state index in [1.54, 1.807) is 0 Å². The van der Waals surface area contributed by atoms with E-state index in [1.165, 1.54) is 6.92 Å². The Balaban J connectivity index is 1.81. The summed E-state index contributed by atoms with van der Waals surface area (Å²) in [6.07, 6.45) is -4.06. The fourth-order valence-electron chi connectivity index (χ4n) is 4.94. The Morgan fingerprint density at radius 1 is 0.750 bits per heavy atom. The Labute approximate surface area is 232 Å². The maximum Gasteiger partial charge on any atom is 0.303 e. The molecule has 210 valence electrons. The van der Waals surface area contributed by atoms with Gasteiger partial charge in [0.1, 0.15) is 12.2 Å². The second-order valence-corrected chi connectivity index (χ2v) is 9.48. The molecular weight excluding hydrogens is 516 g/mol. The van der Waals surface area contributed by atoms with Gasteiger partial charge >= 0.3 is 17.9 Å². The average Bonchev–Trinajstić information content (AvgIpc) is 2.94. The van der Waals surface area contributed by atoms with E-state index in [1.807, 2.05) is 91.0 Å². The molecule has 3 aromatic carbocycles. The Kier molecular flexibility index (Phi) is 8.99. The average molecular weight is 549 g/mol. The van der Waals surface area contributed by atoms with Crippen molar-refractivity contribution < 1.29 is 43.2 Å². The predicted octanol–water partition coefficient (Wildman–Crippen LogP) is 3.51. The van der Waals surface area contributed by atoms with Gasteiger partial charge in [0.15, 0.2) is 18.3 Å². The van der Waals surface area contributed by atoms with Crippen LogP contribution in [0.5, 0.6) is 0 Å². The van der Waals surface area contributed by atoms with Crippen molar-refractivity contribution in [3.8, 4) is 0 Å². The van der Waals surface area contributed by atoms with Crippen LogP contribution in [-0.4, -0.2) is 60.3 Å². The van der Waals surface area contributed by atoms with Crippen LogP contribution in [0.2, 0.25) is 0 Å². The van der Waals surface area contributed by atoms with Gasteiger partial charge in [-0.25, -0.2) is 0 Å². The van der Waals surface area contributed by atoms with Gasteiger partial charge in [0.25, 0.3) is 0 Å². The molecule has 4 atom stereocenters. The quantitative estimate of drug-likeness (QED) is 0.244. The number of hydrogen-bond donors (Lipinski definition) is 1. The van der Waals surface area contributed by atoms with E-state index in [9.17, 15) is 19.5 Å². The van der Waals surface area contributed by atoms with E-state index < -0.39 is 54.2 Å². The fourth-order valence-corrected chi connectivity index (χ4v) is 4.94. The van der Waals surface area contributed by atoms with Gasteiger partial charge in [0.05, 0.1) is 6.61 Å². The van der Waals surface area contributed by atoms with Crippen LogP contribution in [0.1, 0.15) is 37.5 Å². The van der Waals surface area contributed by atoms with Crippen LogP contribution in [0.15, 0.2) is 91.0 Å². The summed E-state index contributed by atoms with van der Waals surface area (Å²) < 4.78 is 28.6. The van der Waals surface area contributed by atoms with Gasteiger partial charge in [-0.05, 0) is 16.7 Å². The van der Waals surface area contributed by atoms with Crippen LogP contribution < -0.4 is 0 Å². The van der Waals surface area contributed by atoms with Gasteiger partial charge in [-0.1, -0.05) is 91.0 Å². The molecule has 0 aromatic heterocycles. The van der Waals surface area contributed by atoms with Gasteiger partial charge < -0.3 is 28.8 Å². The molecule has 40 heavy (non-hydrogen) atoms. The first-order valence-electron chi connectivity index (χ1n) is 12.8. The van der Waals surface area contributed by atoms with E-state index in [0.29, 0.717) is 0 Å². The third kappa shape index (κ3) is 6.22. The van der Waals surface area contributed by atoms with Crippen molar-refractivity contribution in [1.82, 2.24) is 0 Å². The lowest BCUT2D eigenvalue weighted by Gasteiger charge is -2.46. The lowest BCUT2D eigenvalue weighted by Crippen LogP contribution is -2.66. The summed E-state index contributed by atoms with van der Waals surface area (Å²) in [7, 11) is 0. The summed E-state index contributed by atoms with van der Waals surface area (Å²) in [5.41, 5.74) is 1.08. The maximum absolute atomic E-state index is 12.1. The minimum atomic E-state index is -2.29. The zero-order valence-electron chi connectivity index (χ0n) is 22.5. The lowest BCUT2D eigenvalue weighted by atomic mass is 9.80. The lowest BCUT2D eigenvalue weighted by molar-refractivity contribution is -0.343. The minimum absolute atomic E-state index is 0.343. The van der Waals surface area contributed by atoms with Crippen LogP contribution in [0.3, 0.4) is 0 Å². The van der Waals surface area contributed by atoms with Gasteiger partial charge in [0, 0.05) is 20.8 Å². The van der Waals surface area contributed by atoms with E-state index in [-0.39, 0.29) is 6.61 Å². The molecule has 1 heterocycles. The van der Waals surface area contributed by atoms with Crippen LogP contribution in [0.25, 0.3) is 0 Å². The normalized spacial score (nSPS) is 22.6. The Morgan fingerprint density at radius 2 is 1.18 bits per heavy atom. The molecule has 0 bridgehead atoms. The number of benzene rings is 3. The van der Waals surface area contributed by atoms with Gasteiger partial charge in [-0.15, -0.1) is 0 Å². The molecule has 0 unspecified atom stereocenters. The molecule has 0 aliphatic carbocycles.